The minimum atomic E-state index is 0.718. The number of rotatable bonds is 4. The second kappa shape index (κ2) is 5.17. The first-order chi connectivity index (χ1) is 8.22. The third-order valence-corrected chi connectivity index (χ3v) is 3.83. The lowest BCUT2D eigenvalue weighted by molar-refractivity contribution is 0.694. The highest BCUT2D eigenvalue weighted by atomic mass is 32.1. The second-order valence-electron chi connectivity index (χ2n) is 3.99. The van der Waals surface area contributed by atoms with Crippen molar-refractivity contribution in [2.24, 2.45) is 7.05 Å². The molecule has 0 aromatic carbocycles. The summed E-state index contributed by atoms with van der Waals surface area (Å²) in [5.41, 5.74) is 3.07. The Labute approximate surface area is 105 Å². The molecule has 2 aromatic rings. The van der Waals surface area contributed by atoms with Crippen LogP contribution in [0.4, 0.5) is 0 Å². The molecule has 0 fully saturated rings. The van der Waals surface area contributed by atoms with Crippen molar-refractivity contribution in [3.63, 3.8) is 0 Å². The Morgan fingerprint density at radius 1 is 1.47 bits per heavy atom. The van der Waals surface area contributed by atoms with Crippen LogP contribution >= 0.6 is 11.3 Å². The van der Waals surface area contributed by atoms with Gasteiger partial charge in [-0.15, -0.1) is 11.3 Å². The molecule has 0 unspecified atom stereocenters. The maximum atomic E-state index is 8.94. The van der Waals surface area contributed by atoms with Crippen molar-refractivity contribution in [1.29, 1.82) is 5.26 Å². The van der Waals surface area contributed by atoms with E-state index in [4.69, 9.17) is 5.26 Å². The number of nitrogens with zero attached hydrogens (tertiary/aromatic N) is 2. The molecule has 17 heavy (non-hydrogen) atoms. The van der Waals surface area contributed by atoms with E-state index in [0.717, 1.165) is 24.5 Å². The molecule has 0 radical (unpaired) electrons. The fourth-order valence-corrected chi connectivity index (χ4v) is 2.46. The second-order valence-corrected chi connectivity index (χ2v) is 5.03. The lowest BCUT2D eigenvalue weighted by atomic mass is 10.2. The smallest absolute Gasteiger partial charge is 0.120 e. The van der Waals surface area contributed by atoms with Gasteiger partial charge in [0.05, 0.1) is 0 Å². The van der Waals surface area contributed by atoms with E-state index in [9.17, 15) is 0 Å². The number of nitrogens with one attached hydrogen (secondary N) is 1. The van der Waals surface area contributed by atoms with Gasteiger partial charge in [0.2, 0.25) is 0 Å². The Balaban J connectivity index is 1.98. The van der Waals surface area contributed by atoms with Crippen LogP contribution in [0, 0.1) is 18.3 Å². The molecule has 0 bridgehead atoms. The zero-order chi connectivity index (χ0) is 12.3. The summed E-state index contributed by atoms with van der Waals surface area (Å²) in [7, 11) is 1.93. The highest BCUT2D eigenvalue weighted by Gasteiger charge is 2.07. The van der Waals surface area contributed by atoms with Crippen molar-refractivity contribution in [1.82, 2.24) is 9.88 Å². The van der Waals surface area contributed by atoms with Gasteiger partial charge in [0.15, 0.2) is 0 Å². The fourth-order valence-electron chi connectivity index (χ4n) is 1.78. The van der Waals surface area contributed by atoms with E-state index in [1.165, 1.54) is 10.4 Å². The zero-order valence-corrected chi connectivity index (χ0v) is 10.8. The van der Waals surface area contributed by atoms with E-state index in [1.807, 2.05) is 24.6 Å². The molecule has 0 atom stereocenters. The first kappa shape index (κ1) is 11.9. The predicted molar refractivity (Wildman–Crippen MR) is 69.7 cm³/mol. The third kappa shape index (κ3) is 2.57. The van der Waals surface area contributed by atoms with Gasteiger partial charge in [-0.3, -0.25) is 0 Å². The van der Waals surface area contributed by atoms with Crippen LogP contribution in [-0.2, 0) is 20.1 Å². The molecule has 0 aliphatic carbocycles. The van der Waals surface area contributed by atoms with Crippen molar-refractivity contribution < 1.29 is 0 Å². The van der Waals surface area contributed by atoms with Crippen LogP contribution in [-0.4, -0.2) is 4.57 Å². The van der Waals surface area contributed by atoms with E-state index < -0.39 is 0 Å². The topological polar surface area (TPSA) is 40.8 Å². The number of hydrogen-bond donors (Lipinski definition) is 1. The van der Waals surface area contributed by atoms with Crippen molar-refractivity contribution in [2.45, 2.75) is 20.0 Å². The Kier molecular flexibility index (Phi) is 3.62. The summed E-state index contributed by atoms with van der Waals surface area (Å²) in [5, 5.41) is 14.4. The normalized spacial score (nSPS) is 10.4. The number of nitriles is 1. The molecule has 2 rings (SSSR count). The van der Waals surface area contributed by atoms with Crippen LogP contribution in [0.1, 0.15) is 21.8 Å². The fraction of sp³-hybridized carbons (Fsp3) is 0.308. The van der Waals surface area contributed by atoms with Gasteiger partial charge in [-0.2, -0.15) is 5.26 Å². The molecule has 0 saturated heterocycles. The van der Waals surface area contributed by atoms with Crippen LogP contribution in [0.2, 0.25) is 0 Å². The molecule has 2 heterocycles. The summed E-state index contributed by atoms with van der Waals surface area (Å²) in [6.45, 7) is 3.73. The maximum absolute atomic E-state index is 8.94. The minimum Gasteiger partial charge on any atom is -0.340 e. The van der Waals surface area contributed by atoms with Gasteiger partial charge in [-0.25, -0.2) is 0 Å². The van der Waals surface area contributed by atoms with Crippen molar-refractivity contribution in [2.75, 3.05) is 0 Å². The zero-order valence-electron chi connectivity index (χ0n) is 10.0. The molecule has 3 nitrogen and oxygen atoms in total. The monoisotopic (exact) mass is 245 g/mol. The molecule has 4 heteroatoms. The molecule has 0 amide bonds. The molecular weight excluding hydrogens is 230 g/mol. The van der Waals surface area contributed by atoms with Crippen molar-refractivity contribution in [3.05, 3.63) is 45.4 Å². The van der Waals surface area contributed by atoms with E-state index in [0.29, 0.717) is 0 Å². The molecule has 0 aliphatic rings. The van der Waals surface area contributed by atoms with Crippen LogP contribution in [0.5, 0.6) is 0 Å². The number of hydrogen-bond acceptors (Lipinski definition) is 3. The molecule has 0 spiro atoms. The van der Waals surface area contributed by atoms with Gasteiger partial charge in [0.25, 0.3) is 0 Å². The van der Waals surface area contributed by atoms with Gasteiger partial charge in [-0.1, -0.05) is 6.07 Å². The Hall–Kier alpha value is -1.57. The Morgan fingerprint density at radius 2 is 2.29 bits per heavy atom. The maximum Gasteiger partial charge on any atom is 0.120 e. The van der Waals surface area contributed by atoms with E-state index in [1.54, 1.807) is 11.3 Å². The lowest BCUT2D eigenvalue weighted by Gasteiger charge is -2.03. The molecule has 1 N–H and O–H groups in total. The first-order valence-corrected chi connectivity index (χ1v) is 6.38. The number of aromatic nitrogens is 1. The van der Waals surface area contributed by atoms with Crippen LogP contribution in [0.25, 0.3) is 0 Å². The summed E-state index contributed by atoms with van der Waals surface area (Å²) in [6.07, 6.45) is 0. The van der Waals surface area contributed by atoms with Gasteiger partial charge in [-0.05, 0) is 30.0 Å². The minimum absolute atomic E-state index is 0.718. The highest BCUT2D eigenvalue weighted by molar-refractivity contribution is 7.09. The summed E-state index contributed by atoms with van der Waals surface area (Å²) in [6, 6.07) is 8.33. The van der Waals surface area contributed by atoms with Crippen molar-refractivity contribution >= 4 is 11.3 Å². The lowest BCUT2D eigenvalue weighted by Crippen LogP contribution is -2.12. The Bertz CT molecular complexity index is 532. The SMILES string of the molecule is Cc1c(CNCc2cccs2)cc(C#N)n1C. The van der Waals surface area contributed by atoms with E-state index in [-0.39, 0.29) is 0 Å². The average Bonchev–Trinajstić information content (AvgIpc) is 2.92. The van der Waals surface area contributed by atoms with Gasteiger partial charge >= 0.3 is 0 Å². The van der Waals surface area contributed by atoms with E-state index >= 15 is 0 Å². The standard InChI is InChI=1S/C13H15N3S/c1-10-11(6-12(7-14)16(10)2)8-15-9-13-4-3-5-17-13/h3-6,15H,8-9H2,1-2H3. The van der Waals surface area contributed by atoms with Gasteiger partial charge in [0.1, 0.15) is 11.8 Å². The highest BCUT2D eigenvalue weighted by Crippen LogP contribution is 2.14. The van der Waals surface area contributed by atoms with Gasteiger partial charge < -0.3 is 9.88 Å². The summed E-state index contributed by atoms with van der Waals surface area (Å²) >= 11 is 1.76. The first-order valence-electron chi connectivity index (χ1n) is 5.50. The average molecular weight is 245 g/mol. The third-order valence-electron chi connectivity index (χ3n) is 2.95. The predicted octanol–water partition coefficient (Wildman–Crippen LogP) is 2.56. The summed E-state index contributed by atoms with van der Waals surface area (Å²) in [5.74, 6) is 0. The molecular formula is C13H15N3S. The van der Waals surface area contributed by atoms with Crippen LogP contribution in [0.3, 0.4) is 0 Å². The molecule has 0 saturated carbocycles. The van der Waals surface area contributed by atoms with Crippen LogP contribution < -0.4 is 5.32 Å². The van der Waals surface area contributed by atoms with E-state index in [2.05, 4.69) is 28.9 Å². The van der Waals surface area contributed by atoms with Crippen LogP contribution in [0.15, 0.2) is 23.6 Å². The number of thiophene rings is 1. The van der Waals surface area contributed by atoms with Gasteiger partial charge in [0, 0.05) is 30.7 Å². The summed E-state index contributed by atoms with van der Waals surface area (Å²) in [4.78, 5) is 1.33. The molecule has 2 aromatic heterocycles. The quantitative estimate of drug-likeness (QED) is 0.899. The molecule has 0 aliphatic heterocycles. The molecule has 88 valence electrons. The summed E-state index contributed by atoms with van der Waals surface area (Å²) < 4.78 is 1.93. The van der Waals surface area contributed by atoms with Crippen molar-refractivity contribution in [3.8, 4) is 6.07 Å². The Morgan fingerprint density at radius 3 is 2.88 bits per heavy atom. The largest absolute Gasteiger partial charge is 0.340 e.